The molecule has 0 aliphatic carbocycles. The van der Waals surface area contributed by atoms with Gasteiger partial charge in [0.2, 0.25) is 5.91 Å². The van der Waals surface area contributed by atoms with Crippen LogP contribution in [-0.2, 0) is 26.5 Å². The van der Waals surface area contributed by atoms with Crippen molar-refractivity contribution in [3.63, 3.8) is 0 Å². The van der Waals surface area contributed by atoms with E-state index in [0.717, 1.165) is 67.9 Å². The monoisotopic (exact) mass is 932 g/mol. The molecule has 12 rings (SSSR count). The molecule has 5 atom stereocenters. The van der Waals surface area contributed by atoms with Crippen LogP contribution >= 0.6 is 0 Å². The minimum atomic E-state index is -2.64. The smallest absolute Gasteiger partial charge is 0.264 e. The lowest BCUT2D eigenvalue weighted by molar-refractivity contribution is -0.150. The van der Waals surface area contributed by atoms with Crippen molar-refractivity contribution in [3.8, 4) is 5.75 Å². The highest BCUT2D eigenvalue weighted by Crippen LogP contribution is 2.61. The Morgan fingerprint density at radius 1 is 0.754 bits per heavy atom. The molecule has 69 heavy (non-hydrogen) atoms. The van der Waals surface area contributed by atoms with Gasteiger partial charge in [0, 0.05) is 40.2 Å². The molecule has 5 aliphatic rings. The lowest BCUT2D eigenvalue weighted by Gasteiger charge is -2.37. The summed E-state index contributed by atoms with van der Waals surface area (Å²) in [5, 5.41) is 15.2. The minimum absolute atomic E-state index is 0.0539. The second kappa shape index (κ2) is 16.0. The highest BCUT2D eigenvalue weighted by atomic mass is 28.3. The Hall–Kier alpha value is -7.12. The maximum absolute atomic E-state index is 16.0. The third-order valence-corrected chi connectivity index (χ3v) is 20.4. The molecule has 1 spiro atoms. The van der Waals surface area contributed by atoms with Gasteiger partial charge in [-0.25, -0.2) is 0 Å². The maximum Gasteiger partial charge on any atom is 0.264 e. The Bertz CT molecular complexity index is 3290. The number of anilines is 5. The number of nitrogens with zero attached hydrogens (tertiary/aromatic N) is 4. The number of hydrogen-bond donors (Lipinski definition) is 1. The average Bonchev–Trinajstić information content (AvgIpc) is 4.16. The highest BCUT2D eigenvalue weighted by Gasteiger charge is 2.67. The van der Waals surface area contributed by atoms with E-state index in [1.165, 1.54) is 0 Å². The number of fused-ring (bicyclic) bond motifs is 2. The highest BCUT2D eigenvalue weighted by molar-refractivity contribution is 6.91. The van der Waals surface area contributed by atoms with Crippen molar-refractivity contribution in [2.24, 2.45) is 5.92 Å². The summed E-state index contributed by atoms with van der Waals surface area (Å²) in [6, 6.07) is 45.0. The number of aliphatic hydroxyl groups is 1. The zero-order valence-electron chi connectivity index (χ0n) is 39.0. The predicted octanol–water partition coefficient (Wildman–Crippen LogP) is 9.72. The van der Waals surface area contributed by atoms with Crippen molar-refractivity contribution in [3.05, 3.63) is 162 Å². The van der Waals surface area contributed by atoms with Gasteiger partial charge in [0.1, 0.15) is 5.75 Å². The molecule has 2 fully saturated rings. The van der Waals surface area contributed by atoms with Gasteiger partial charge < -0.3 is 24.4 Å². The Balaban J connectivity index is 0.965. The number of carbonyl (C=O) groups excluding carboxylic acids is 4. The fourth-order valence-electron chi connectivity index (χ4n) is 12.7. The molecule has 0 radical (unpaired) electrons. The van der Waals surface area contributed by atoms with Gasteiger partial charge in [-0.1, -0.05) is 98.0 Å². The van der Waals surface area contributed by atoms with Gasteiger partial charge in [-0.3, -0.25) is 29.0 Å². The normalized spacial score (nSPS) is 22.6. The number of ether oxygens (including phenoxy) is 2. The molecule has 5 heterocycles. The molecule has 4 amide bonds. The third-order valence-electron chi connectivity index (χ3n) is 16.0. The Labute approximate surface area is 401 Å². The first-order valence-corrected chi connectivity index (χ1v) is 27.0. The van der Waals surface area contributed by atoms with Gasteiger partial charge >= 0.3 is 0 Å². The Morgan fingerprint density at radius 3 is 1.96 bits per heavy atom. The zero-order chi connectivity index (χ0) is 47.5. The Morgan fingerprint density at radius 2 is 1.35 bits per heavy atom. The van der Waals surface area contributed by atoms with Crippen LogP contribution in [0.1, 0.15) is 58.0 Å². The first-order valence-electron chi connectivity index (χ1n) is 23.9. The predicted molar refractivity (Wildman–Crippen MR) is 271 cm³/mol. The SMILES string of the molecule is COc1ccc([Si](C)(C)[C@H]2[C@H](CC(=O)N3CCC[C@H]3CO)O[C@@]3(C(=O)N(Cc4ccc(N5C(=O)c6cccc7cccc5c67)cc4)c4ccc(N5C(=O)c6cccc7cccc5c67)cc43)[C@@H]2C)cc1. The van der Waals surface area contributed by atoms with Crippen LogP contribution in [0.15, 0.2) is 140 Å². The molecule has 1 N–H and O–H groups in total. The summed E-state index contributed by atoms with van der Waals surface area (Å²) in [4.78, 5) is 65.9. The molecule has 0 saturated carbocycles. The van der Waals surface area contributed by atoms with E-state index >= 15 is 4.79 Å². The summed E-state index contributed by atoms with van der Waals surface area (Å²) in [6.45, 7) is 7.36. The van der Waals surface area contributed by atoms with E-state index in [2.05, 4.69) is 32.2 Å². The van der Waals surface area contributed by atoms with Gasteiger partial charge in [-0.05, 0) is 101 Å². The van der Waals surface area contributed by atoms with Crippen LogP contribution in [0.5, 0.6) is 5.75 Å². The molecule has 0 bridgehead atoms. The first kappa shape index (κ1) is 43.2. The van der Waals surface area contributed by atoms with E-state index in [1.54, 1.807) is 26.7 Å². The molecule has 0 unspecified atom stereocenters. The van der Waals surface area contributed by atoms with Gasteiger partial charge in [-0.2, -0.15) is 0 Å². The second-order valence-corrected chi connectivity index (χ2v) is 24.5. The average molecular weight is 933 g/mol. The van der Waals surface area contributed by atoms with Crippen molar-refractivity contribution in [1.29, 1.82) is 0 Å². The lowest BCUT2D eigenvalue weighted by atomic mass is 9.82. The fraction of sp³-hybridized carbons (Fsp3) is 0.263. The molecular weight excluding hydrogens is 881 g/mol. The standard InChI is InChI=1S/C57H52N4O7Si/c1-34-53(69(3,4)42-26-24-41(67-2)25-27-42)49(31-50(63)58-29-9-14-40(58)33-62)68-57(34)45-30-39(61-48-18-8-13-37-11-6-16-44(52(37)48)55(61)65)23-28-46(45)59(56(57)66)32-35-19-21-38(22-20-35)60-47-17-7-12-36-10-5-15-43(51(36)47)54(60)64/h5-8,10-13,15-28,30,34,40,49,53,62H,9,14,29,31-33H2,1-4H3/t34-,40+,49+,53-,57+/m1/s1. The second-order valence-electron chi connectivity index (χ2n) is 19.8. The molecular formula is C57H52N4O7Si. The molecule has 5 aliphatic heterocycles. The van der Waals surface area contributed by atoms with E-state index in [4.69, 9.17) is 9.47 Å². The number of amides is 4. The molecule has 12 heteroatoms. The number of hydrogen-bond acceptors (Lipinski definition) is 7. The van der Waals surface area contributed by atoms with E-state index in [-0.39, 0.29) is 54.8 Å². The van der Waals surface area contributed by atoms with Crippen LogP contribution < -0.4 is 24.6 Å². The molecule has 346 valence electrons. The summed E-state index contributed by atoms with van der Waals surface area (Å²) in [5.74, 6) is -0.223. The summed E-state index contributed by atoms with van der Waals surface area (Å²) < 4.78 is 13.0. The molecule has 2 saturated heterocycles. The summed E-state index contributed by atoms with van der Waals surface area (Å²) >= 11 is 0. The largest absolute Gasteiger partial charge is 0.497 e. The van der Waals surface area contributed by atoms with E-state index in [1.807, 2.05) is 127 Å². The van der Waals surface area contributed by atoms with Crippen LogP contribution in [-0.4, -0.2) is 74.1 Å². The number of benzene rings is 7. The van der Waals surface area contributed by atoms with Crippen LogP contribution in [0.3, 0.4) is 0 Å². The van der Waals surface area contributed by atoms with Gasteiger partial charge in [-0.15, -0.1) is 0 Å². The van der Waals surface area contributed by atoms with Crippen molar-refractivity contribution in [1.82, 2.24) is 4.90 Å². The van der Waals surface area contributed by atoms with Crippen LogP contribution in [0.25, 0.3) is 21.5 Å². The first-order chi connectivity index (χ1) is 33.4. The maximum atomic E-state index is 16.0. The van der Waals surface area contributed by atoms with Gasteiger partial charge in [0.05, 0.1) is 75.1 Å². The third kappa shape index (κ3) is 6.31. The van der Waals surface area contributed by atoms with Crippen LogP contribution in [0.2, 0.25) is 18.6 Å². The number of likely N-dealkylation sites (tertiary alicyclic amines) is 1. The molecule has 7 aromatic rings. The van der Waals surface area contributed by atoms with Gasteiger partial charge in [0.15, 0.2) is 5.60 Å². The van der Waals surface area contributed by atoms with Crippen molar-refractivity contribution in [2.75, 3.05) is 35.0 Å². The summed E-state index contributed by atoms with van der Waals surface area (Å²) in [7, 11) is -0.993. The van der Waals surface area contributed by atoms with E-state index in [9.17, 15) is 19.5 Å². The van der Waals surface area contributed by atoms with Crippen LogP contribution in [0.4, 0.5) is 28.4 Å². The number of rotatable bonds is 10. The number of aliphatic hydroxyl groups excluding tert-OH is 1. The van der Waals surface area contributed by atoms with Crippen molar-refractivity contribution in [2.45, 2.75) is 69.1 Å². The van der Waals surface area contributed by atoms with Crippen LogP contribution in [0, 0.1) is 5.92 Å². The number of carbonyl (C=O) groups is 4. The quantitative estimate of drug-likeness (QED) is 0.136. The summed E-state index contributed by atoms with van der Waals surface area (Å²) in [5.41, 5.74) is 4.69. The summed E-state index contributed by atoms with van der Waals surface area (Å²) in [6.07, 6.45) is 0.958. The minimum Gasteiger partial charge on any atom is -0.497 e. The molecule has 7 aromatic carbocycles. The number of methoxy groups -OCH3 is 1. The fourth-order valence-corrected chi connectivity index (χ4v) is 16.7. The molecule has 11 nitrogen and oxygen atoms in total. The van der Waals surface area contributed by atoms with Crippen molar-refractivity contribution >= 4 is 86.9 Å². The van der Waals surface area contributed by atoms with Gasteiger partial charge in [0.25, 0.3) is 17.7 Å². The topological polar surface area (TPSA) is 120 Å². The Kier molecular flexibility index (Phi) is 10.00. The lowest BCUT2D eigenvalue weighted by Crippen LogP contribution is -2.52. The van der Waals surface area contributed by atoms with E-state index < -0.39 is 25.7 Å². The van der Waals surface area contributed by atoms with E-state index in [0.29, 0.717) is 34.6 Å². The molecule has 0 aromatic heterocycles. The zero-order valence-corrected chi connectivity index (χ0v) is 40.0. The van der Waals surface area contributed by atoms with Crippen molar-refractivity contribution < 1.29 is 33.8 Å².